The van der Waals surface area contributed by atoms with Crippen LogP contribution in [0.15, 0.2) is 30.6 Å². The quantitative estimate of drug-likeness (QED) is 0.747. The molecule has 0 spiro atoms. The van der Waals surface area contributed by atoms with Gasteiger partial charge in [0.25, 0.3) is 0 Å². The van der Waals surface area contributed by atoms with Crippen molar-refractivity contribution in [1.29, 1.82) is 0 Å². The molecule has 106 valence electrons. The van der Waals surface area contributed by atoms with Crippen molar-refractivity contribution in [1.82, 2.24) is 14.8 Å². The molecule has 0 aliphatic carbocycles. The number of hydrogen-bond acceptors (Lipinski definition) is 5. The number of pyridine rings is 1. The second kappa shape index (κ2) is 4.53. The summed E-state index contributed by atoms with van der Waals surface area (Å²) < 4.78 is 12.8. The molecule has 21 heavy (non-hydrogen) atoms. The minimum Gasteiger partial charge on any atom is -0.486 e. The number of ether oxygens (including phenoxy) is 2. The molecule has 1 aliphatic heterocycles. The lowest BCUT2D eigenvalue weighted by Gasteiger charge is -2.19. The highest BCUT2D eigenvalue weighted by atomic mass is 35.5. The number of halogens is 1. The van der Waals surface area contributed by atoms with Gasteiger partial charge in [-0.3, -0.25) is 0 Å². The molecule has 3 heterocycles. The zero-order valence-electron chi connectivity index (χ0n) is 10.9. The van der Waals surface area contributed by atoms with Crippen LogP contribution in [0.5, 0.6) is 11.5 Å². The van der Waals surface area contributed by atoms with E-state index in [-0.39, 0.29) is 5.82 Å². The van der Waals surface area contributed by atoms with Crippen LogP contribution in [0, 0.1) is 0 Å². The number of aromatic nitrogens is 3. The number of anilines is 1. The maximum absolute atomic E-state index is 5.97. The highest BCUT2D eigenvalue weighted by molar-refractivity contribution is 6.32. The molecule has 3 aromatic rings. The second-order valence-electron chi connectivity index (χ2n) is 4.66. The van der Waals surface area contributed by atoms with Gasteiger partial charge in [-0.05, 0) is 23.6 Å². The van der Waals surface area contributed by atoms with Gasteiger partial charge in [0, 0.05) is 11.6 Å². The van der Waals surface area contributed by atoms with Gasteiger partial charge in [-0.25, -0.2) is 9.67 Å². The zero-order chi connectivity index (χ0) is 14.4. The van der Waals surface area contributed by atoms with E-state index in [1.54, 1.807) is 17.1 Å². The van der Waals surface area contributed by atoms with Crippen molar-refractivity contribution in [3.05, 3.63) is 35.6 Å². The summed E-state index contributed by atoms with van der Waals surface area (Å²) in [5.41, 5.74) is 5.70. The molecule has 0 saturated carbocycles. The Balaban J connectivity index is 1.96. The van der Waals surface area contributed by atoms with Crippen LogP contribution in [-0.2, 0) is 0 Å². The van der Waals surface area contributed by atoms with Crippen molar-refractivity contribution < 1.29 is 9.47 Å². The lowest BCUT2D eigenvalue weighted by Crippen LogP contribution is -2.15. The third-order valence-corrected chi connectivity index (χ3v) is 3.61. The van der Waals surface area contributed by atoms with Gasteiger partial charge in [-0.15, -0.1) is 5.10 Å². The fourth-order valence-electron chi connectivity index (χ4n) is 2.35. The van der Waals surface area contributed by atoms with Gasteiger partial charge in [-0.1, -0.05) is 11.6 Å². The second-order valence-corrected chi connectivity index (χ2v) is 5.07. The first-order valence-corrected chi connectivity index (χ1v) is 6.79. The van der Waals surface area contributed by atoms with Crippen LogP contribution >= 0.6 is 11.6 Å². The Labute approximate surface area is 125 Å². The van der Waals surface area contributed by atoms with Crippen LogP contribution in [0.3, 0.4) is 0 Å². The molecule has 4 rings (SSSR count). The van der Waals surface area contributed by atoms with Gasteiger partial charge in [0.05, 0.1) is 6.20 Å². The van der Waals surface area contributed by atoms with Gasteiger partial charge in [0.15, 0.2) is 23.1 Å². The first-order chi connectivity index (χ1) is 10.2. The lowest BCUT2D eigenvalue weighted by molar-refractivity contribution is 0.172. The molecule has 0 fully saturated rings. The van der Waals surface area contributed by atoms with Crippen molar-refractivity contribution in [2.24, 2.45) is 0 Å². The third kappa shape index (κ3) is 1.95. The number of nitrogens with zero attached hydrogens (tertiary/aromatic N) is 3. The third-order valence-electron chi connectivity index (χ3n) is 3.32. The Morgan fingerprint density at radius 1 is 1.19 bits per heavy atom. The molecule has 6 nitrogen and oxygen atoms in total. The summed E-state index contributed by atoms with van der Waals surface area (Å²) in [5, 5.41) is 6.44. The summed E-state index contributed by atoms with van der Waals surface area (Å²) in [6.45, 7) is 1.09. The standard InChI is InChI=1S/C14H11ClN4O2/c15-10-7-19(18-13(10)16)14-9-6-12-11(20-3-4-21-12)5-8(9)1-2-17-14/h1-2,5-7H,3-4H2,(H2,16,18). The maximum atomic E-state index is 5.97. The van der Waals surface area contributed by atoms with Gasteiger partial charge < -0.3 is 15.2 Å². The number of nitrogens with two attached hydrogens (primary N) is 1. The summed E-state index contributed by atoms with van der Waals surface area (Å²) in [4.78, 5) is 4.37. The molecule has 1 aromatic carbocycles. The summed E-state index contributed by atoms with van der Waals surface area (Å²) >= 11 is 5.97. The molecule has 0 bridgehead atoms. The van der Waals surface area contributed by atoms with E-state index < -0.39 is 0 Å². The van der Waals surface area contributed by atoms with E-state index in [1.807, 2.05) is 18.2 Å². The van der Waals surface area contributed by atoms with Gasteiger partial charge >= 0.3 is 0 Å². The van der Waals surface area contributed by atoms with Crippen LogP contribution in [0.1, 0.15) is 0 Å². The minimum atomic E-state index is 0.271. The van der Waals surface area contributed by atoms with Crippen LogP contribution in [0.25, 0.3) is 16.6 Å². The van der Waals surface area contributed by atoms with Crippen molar-refractivity contribution in [2.75, 3.05) is 18.9 Å². The summed E-state index contributed by atoms with van der Waals surface area (Å²) in [6, 6.07) is 5.74. The van der Waals surface area contributed by atoms with E-state index in [4.69, 9.17) is 26.8 Å². The Morgan fingerprint density at radius 3 is 2.67 bits per heavy atom. The molecule has 1 aliphatic rings. The van der Waals surface area contributed by atoms with E-state index in [0.717, 1.165) is 16.5 Å². The van der Waals surface area contributed by atoms with Crippen LogP contribution < -0.4 is 15.2 Å². The van der Waals surface area contributed by atoms with Crippen molar-refractivity contribution in [2.45, 2.75) is 0 Å². The van der Waals surface area contributed by atoms with Crippen molar-refractivity contribution >= 4 is 28.2 Å². The smallest absolute Gasteiger partial charge is 0.164 e. The first kappa shape index (κ1) is 12.3. The molecule has 2 N–H and O–H groups in total. The maximum Gasteiger partial charge on any atom is 0.164 e. The largest absolute Gasteiger partial charge is 0.486 e. The monoisotopic (exact) mass is 302 g/mol. The molecule has 0 amide bonds. The number of rotatable bonds is 1. The Bertz CT molecular complexity index is 827. The van der Waals surface area contributed by atoms with Crippen LogP contribution in [0.2, 0.25) is 5.02 Å². The molecular formula is C14H11ClN4O2. The highest BCUT2D eigenvalue weighted by Gasteiger charge is 2.16. The topological polar surface area (TPSA) is 75.2 Å². The lowest BCUT2D eigenvalue weighted by atomic mass is 10.1. The number of nitrogen functional groups attached to an aromatic ring is 1. The molecular weight excluding hydrogens is 292 g/mol. The molecule has 2 aromatic heterocycles. The molecule has 0 radical (unpaired) electrons. The minimum absolute atomic E-state index is 0.271. The molecule has 0 unspecified atom stereocenters. The Morgan fingerprint density at radius 2 is 1.95 bits per heavy atom. The molecule has 0 saturated heterocycles. The predicted octanol–water partition coefficient (Wildman–Crippen LogP) is 2.43. The fourth-order valence-corrected chi connectivity index (χ4v) is 2.48. The predicted molar refractivity (Wildman–Crippen MR) is 79.3 cm³/mol. The highest BCUT2D eigenvalue weighted by Crippen LogP contribution is 2.36. The average Bonchev–Trinajstić information content (AvgIpc) is 2.84. The van der Waals surface area contributed by atoms with Gasteiger partial charge in [0.1, 0.15) is 18.2 Å². The zero-order valence-corrected chi connectivity index (χ0v) is 11.7. The van der Waals surface area contributed by atoms with Crippen molar-refractivity contribution in [3.8, 4) is 17.3 Å². The molecule has 0 atom stereocenters. The van der Waals surface area contributed by atoms with E-state index in [9.17, 15) is 0 Å². The summed E-state index contributed by atoms with van der Waals surface area (Å²) in [7, 11) is 0. The Kier molecular flexibility index (Phi) is 2.65. The van der Waals surface area contributed by atoms with Crippen molar-refractivity contribution in [3.63, 3.8) is 0 Å². The average molecular weight is 303 g/mol. The van der Waals surface area contributed by atoms with E-state index in [2.05, 4.69) is 10.1 Å². The summed E-state index contributed by atoms with van der Waals surface area (Å²) in [6.07, 6.45) is 3.34. The van der Waals surface area contributed by atoms with Gasteiger partial charge in [0.2, 0.25) is 0 Å². The number of hydrogen-bond donors (Lipinski definition) is 1. The van der Waals surface area contributed by atoms with E-state index in [0.29, 0.717) is 29.8 Å². The van der Waals surface area contributed by atoms with E-state index in [1.165, 1.54) is 0 Å². The van der Waals surface area contributed by atoms with Crippen LogP contribution in [0.4, 0.5) is 5.82 Å². The molecule has 7 heteroatoms. The number of benzene rings is 1. The van der Waals surface area contributed by atoms with E-state index >= 15 is 0 Å². The normalized spacial score (nSPS) is 13.6. The Hall–Kier alpha value is -2.47. The van der Waals surface area contributed by atoms with Gasteiger partial charge in [-0.2, -0.15) is 0 Å². The SMILES string of the molecule is Nc1nn(-c2nccc3cc4c(cc23)OCCO4)cc1Cl. The first-order valence-electron chi connectivity index (χ1n) is 6.42. The van der Waals surface area contributed by atoms with Crippen LogP contribution in [-0.4, -0.2) is 28.0 Å². The fraction of sp³-hybridized carbons (Fsp3) is 0.143. The summed E-state index contributed by atoms with van der Waals surface area (Å²) in [5.74, 6) is 2.36. The number of fused-ring (bicyclic) bond motifs is 2.